The van der Waals surface area contributed by atoms with Crippen LogP contribution in [0.3, 0.4) is 0 Å². The van der Waals surface area contributed by atoms with Gasteiger partial charge in [0.05, 0.1) is 7.11 Å². The number of benzene rings is 1. The van der Waals surface area contributed by atoms with Gasteiger partial charge in [-0.3, -0.25) is 4.79 Å². The van der Waals surface area contributed by atoms with E-state index in [1.165, 1.54) is 0 Å². The van der Waals surface area contributed by atoms with E-state index in [-0.39, 0.29) is 16.7 Å². The average molecular weight is 277 g/mol. The van der Waals surface area contributed by atoms with E-state index < -0.39 is 0 Å². The van der Waals surface area contributed by atoms with Crippen LogP contribution in [0.5, 0.6) is 5.75 Å². The zero-order valence-electron chi connectivity index (χ0n) is 14.0. The monoisotopic (exact) mass is 277 g/mol. The molecule has 0 saturated carbocycles. The van der Waals surface area contributed by atoms with Crippen LogP contribution in [0.1, 0.15) is 63.0 Å². The van der Waals surface area contributed by atoms with E-state index in [1.54, 1.807) is 14.2 Å². The molecule has 112 valence electrons. The molecule has 0 aliphatic rings. The quantitative estimate of drug-likeness (QED) is 0.896. The van der Waals surface area contributed by atoms with Gasteiger partial charge in [-0.05, 0) is 23.0 Å². The molecule has 0 saturated heterocycles. The van der Waals surface area contributed by atoms with Crippen molar-refractivity contribution in [1.82, 2.24) is 5.32 Å². The van der Waals surface area contributed by atoms with Crippen molar-refractivity contribution in [3.63, 3.8) is 0 Å². The Kier molecular flexibility index (Phi) is 4.52. The first-order valence-corrected chi connectivity index (χ1v) is 6.97. The molecule has 1 aromatic rings. The molecule has 0 bridgehead atoms. The minimum absolute atomic E-state index is 0.0661. The summed E-state index contributed by atoms with van der Waals surface area (Å²) in [6.45, 7) is 12.8. The van der Waals surface area contributed by atoms with Crippen molar-refractivity contribution in [2.24, 2.45) is 0 Å². The molecule has 0 unspecified atom stereocenters. The van der Waals surface area contributed by atoms with Crippen LogP contribution in [-0.2, 0) is 10.8 Å². The van der Waals surface area contributed by atoms with Gasteiger partial charge in [0.15, 0.2) is 0 Å². The minimum Gasteiger partial charge on any atom is -0.496 e. The van der Waals surface area contributed by atoms with Crippen LogP contribution >= 0.6 is 0 Å². The highest BCUT2D eigenvalue weighted by molar-refractivity contribution is 5.95. The summed E-state index contributed by atoms with van der Waals surface area (Å²) in [6.07, 6.45) is 0. The van der Waals surface area contributed by atoms with E-state index in [4.69, 9.17) is 4.74 Å². The molecule has 3 heteroatoms. The molecule has 20 heavy (non-hydrogen) atoms. The zero-order valence-corrected chi connectivity index (χ0v) is 14.0. The molecule has 0 aliphatic carbocycles. The molecule has 0 atom stereocenters. The maximum Gasteiger partial charge on any atom is 0.251 e. The van der Waals surface area contributed by atoms with Crippen LogP contribution in [-0.4, -0.2) is 20.1 Å². The largest absolute Gasteiger partial charge is 0.496 e. The number of ether oxygens (including phenoxy) is 1. The first-order chi connectivity index (χ1) is 9.02. The number of hydrogen-bond donors (Lipinski definition) is 1. The minimum atomic E-state index is -0.0879. The summed E-state index contributed by atoms with van der Waals surface area (Å²) in [5.74, 6) is 0.821. The smallest absolute Gasteiger partial charge is 0.251 e. The normalized spacial score (nSPS) is 12.2. The highest BCUT2D eigenvalue weighted by atomic mass is 16.5. The van der Waals surface area contributed by atoms with Gasteiger partial charge >= 0.3 is 0 Å². The van der Waals surface area contributed by atoms with E-state index in [1.807, 2.05) is 12.1 Å². The molecule has 1 aromatic carbocycles. The lowest BCUT2D eigenvalue weighted by Crippen LogP contribution is -2.23. The number of amides is 1. The summed E-state index contributed by atoms with van der Waals surface area (Å²) in [4.78, 5) is 12.0. The molecule has 1 amide bonds. The maximum atomic E-state index is 12.0. The molecular weight excluding hydrogens is 250 g/mol. The zero-order chi connectivity index (χ0) is 15.7. The predicted octanol–water partition coefficient (Wildman–Crippen LogP) is 3.65. The standard InChI is InChI=1S/C17H27NO2/c1-16(2,3)12-9-11(15(19)18-7)10-13(14(12)20-8)17(4,5)6/h9-10H,1-8H3,(H,18,19). The second-order valence-electron chi connectivity index (χ2n) is 7.18. The highest BCUT2D eigenvalue weighted by Gasteiger charge is 2.28. The van der Waals surface area contributed by atoms with Gasteiger partial charge < -0.3 is 10.1 Å². The first kappa shape index (κ1) is 16.5. The molecule has 3 nitrogen and oxygen atoms in total. The molecule has 0 aliphatic heterocycles. The fourth-order valence-electron chi connectivity index (χ4n) is 2.24. The summed E-state index contributed by atoms with van der Waals surface area (Å²) in [5, 5.41) is 2.70. The van der Waals surface area contributed by atoms with Gasteiger partial charge in [0.2, 0.25) is 0 Å². The molecule has 0 fully saturated rings. The van der Waals surface area contributed by atoms with Gasteiger partial charge in [-0.1, -0.05) is 41.5 Å². The van der Waals surface area contributed by atoms with Crippen LogP contribution in [0.15, 0.2) is 12.1 Å². The highest BCUT2D eigenvalue weighted by Crippen LogP contribution is 2.40. The number of carbonyl (C=O) groups excluding carboxylic acids is 1. The van der Waals surface area contributed by atoms with Crippen molar-refractivity contribution in [2.45, 2.75) is 52.4 Å². The Hall–Kier alpha value is -1.51. The van der Waals surface area contributed by atoms with E-state index in [9.17, 15) is 4.79 Å². The van der Waals surface area contributed by atoms with Crippen LogP contribution < -0.4 is 10.1 Å². The molecule has 1 rings (SSSR count). The van der Waals surface area contributed by atoms with Crippen LogP contribution in [0.25, 0.3) is 0 Å². The van der Waals surface area contributed by atoms with Crippen molar-refractivity contribution in [3.8, 4) is 5.75 Å². The number of methoxy groups -OCH3 is 1. The Morgan fingerprint density at radius 3 is 1.65 bits per heavy atom. The van der Waals surface area contributed by atoms with E-state index >= 15 is 0 Å². The fraction of sp³-hybridized carbons (Fsp3) is 0.588. The van der Waals surface area contributed by atoms with Crippen molar-refractivity contribution in [1.29, 1.82) is 0 Å². The van der Waals surface area contributed by atoms with Crippen LogP contribution in [0.2, 0.25) is 0 Å². The maximum absolute atomic E-state index is 12.0. The fourth-order valence-corrected chi connectivity index (χ4v) is 2.24. The first-order valence-electron chi connectivity index (χ1n) is 6.97. The van der Waals surface area contributed by atoms with Gasteiger partial charge in [0.25, 0.3) is 5.91 Å². The number of nitrogens with one attached hydrogen (secondary N) is 1. The van der Waals surface area contributed by atoms with Crippen molar-refractivity contribution < 1.29 is 9.53 Å². The number of rotatable bonds is 2. The number of carbonyl (C=O) groups is 1. The molecule has 0 radical (unpaired) electrons. The number of hydrogen-bond acceptors (Lipinski definition) is 2. The second-order valence-corrected chi connectivity index (χ2v) is 7.18. The Morgan fingerprint density at radius 1 is 1.00 bits per heavy atom. The molecular formula is C17H27NO2. The van der Waals surface area contributed by atoms with Gasteiger partial charge in [0, 0.05) is 23.7 Å². The lowest BCUT2D eigenvalue weighted by Gasteiger charge is -2.29. The van der Waals surface area contributed by atoms with Gasteiger partial charge in [-0.15, -0.1) is 0 Å². The summed E-state index contributed by atoms with van der Waals surface area (Å²) in [6, 6.07) is 3.87. The SMILES string of the molecule is CNC(=O)c1cc(C(C)(C)C)c(OC)c(C(C)(C)C)c1. The van der Waals surface area contributed by atoms with Gasteiger partial charge in [-0.25, -0.2) is 0 Å². The topological polar surface area (TPSA) is 38.3 Å². The van der Waals surface area contributed by atoms with E-state index in [0.29, 0.717) is 5.56 Å². The van der Waals surface area contributed by atoms with Crippen molar-refractivity contribution in [2.75, 3.05) is 14.2 Å². The summed E-state index contributed by atoms with van der Waals surface area (Å²) in [7, 11) is 3.35. The van der Waals surface area contributed by atoms with Crippen molar-refractivity contribution in [3.05, 3.63) is 28.8 Å². The van der Waals surface area contributed by atoms with Gasteiger partial charge in [0.1, 0.15) is 5.75 Å². The van der Waals surface area contributed by atoms with Crippen LogP contribution in [0, 0.1) is 0 Å². The summed E-state index contributed by atoms with van der Waals surface area (Å²) in [5.41, 5.74) is 2.63. The molecule has 0 aromatic heterocycles. The molecule has 1 N–H and O–H groups in total. The average Bonchev–Trinajstić information content (AvgIpc) is 2.33. The van der Waals surface area contributed by atoms with Gasteiger partial charge in [-0.2, -0.15) is 0 Å². The lowest BCUT2D eigenvalue weighted by atomic mass is 9.78. The summed E-state index contributed by atoms with van der Waals surface area (Å²) < 4.78 is 5.67. The molecule has 0 heterocycles. The van der Waals surface area contributed by atoms with E-state index in [0.717, 1.165) is 16.9 Å². The third-order valence-electron chi connectivity index (χ3n) is 3.40. The van der Waals surface area contributed by atoms with Crippen molar-refractivity contribution >= 4 is 5.91 Å². The molecule has 0 spiro atoms. The third kappa shape index (κ3) is 3.33. The third-order valence-corrected chi connectivity index (χ3v) is 3.40. The van der Waals surface area contributed by atoms with Crippen LogP contribution in [0.4, 0.5) is 0 Å². The van der Waals surface area contributed by atoms with E-state index in [2.05, 4.69) is 46.9 Å². The Labute approximate surface area is 122 Å². The second kappa shape index (κ2) is 5.47. The predicted molar refractivity (Wildman–Crippen MR) is 83.8 cm³/mol. The Morgan fingerprint density at radius 2 is 1.40 bits per heavy atom. The Balaban J connectivity index is 3.70. The summed E-state index contributed by atoms with van der Waals surface area (Å²) >= 11 is 0. The lowest BCUT2D eigenvalue weighted by molar-refractivity contribution is 0.0962. The Bertz CT molecular complexity index is 470.